The third-order valence-electron chi connectivity index (χ3n) is 2.52. The molecule has 0 radical (unpaired) electrons. The lowest BCUT2D eigenvalue weighted by atomic mass is 10.1. The van der Waals surface area contributed by atoms with Crippen molar-refractivity contribution in [3.8, 4) is 22.6 Å². The van der Waals surface area contributed by atoms with Crippen molar-refractivity contribution in [1.82, 2.24) is 0 Å². The maximum atomic E-state index is 12.0. The van der Waals surface area contributed by atoms with Gasteiger partial charge < -0.3 is 19.4 Å². The van der Waals surface area contributed by atoms with Crippen LogP contribution in [0.5, 0.6) is 11.5 Å². The Balaban J connectivity index is 2.11. The van der Waals surface area contributed by atoms with Crippen LogP contribution in [0.3, 0.4) is 0 Å². The molecule has 0 aromatic heterocycles. The molecule has 0 bridgehead atoms. The first kappa shape index (κ1) is 15.2. The third kappa shape index (κ3) is 4.69. The number of halogens is 3. The largest absolute Gasteiger partial charge is 0.707 e. The van der Waals surface area contributed by atoms with Crippen molar-refractivity contribution >= 4 is 7.32 Å². The maximum absolute atomic E-state index is 12.0. The van der Waals surface area contributed by atoms with Gasteiger partial charge in [-0.15, -0.1) is 13.2 Å². The van der Waals surface area contributed by atoms with Gasteiger partial charge >= 0.3 is 13.7 Å². The molecule has 2 rings (SSSR count). The van der Waals surface area contributed by atoms with E-state index in [4.69, 9.17) is 10.0 Å². The minimum Gasteiger partial charge on any atom is -0.512 e. The molecule has 0 amide bonds. The van der Waals surface area contributed by atoms with Crippen molar-refractivity contribution in [2.45, 2.75) is 6.36 Å². The predicted molar refractivity (Wildman–Crippen MR) is 69.4 cm³/mol. The smallest absolute Gasteiger partial charge is 0.512 e. The summed E-state index contributed by atoms with van der Waals surface area (Å²) in [5, 5.41) is 17.3. The Morgan fingerprint density at radius 2 is 1.19 bits per heavy atom. The van der Waals surface area contributed by atoms with E-state index in [9.17, 15) is 13.2 Å². The number of ether oxygens (including phenoxy) is 1. The van der Waals surface area contributed by atoms with Gasteiger partial charge in [-0.2, -0.15) is 0 Å². The van der Waals surface area contributed by atoms with Crippen molar-refractivity contribution in [3.05, 3.63) is 48.5 Å². The first-order chi connectivity index (χ1) is 9.83. The van der Waals surface area contributed by atoms with Crippen molar-refractivity contribution in [3.63, 3.8) is 0 Å². The average Bonchev–Trinajstić information content (AvgIpc) is 2.38. The lowest BCUT2D eigenvalue weighted by molar-refractivity contribution is -0.274. The molecule has 0 saturated carbocycles. The summed E-state index contributed by atoms with van der Waals surface area (Å²) in [6.07, 6.45) is -4.72. The summed E-state index contributed by atoms with van der Waals surface area (Å²) in [5.74, 6) is -0.0413. The highest BCUT2D eigenvalue weighted by molar-refractivity contribution is 6.33. The lowest BCUT2D eigenvalue weighted by Gasteiger charge is -2.10. The monoisotopic (exact) mass is 298 g/mol. The average molecular weight is 298 g/mol. The summed E-state index contributed by atoms with van der Waals surface area (Å²) < 4.78 is 44.5. The SMILES string of the molecule is OB(O)Oc1ccc(-c2ccc(OC(F)(F)F)cc2)cc1. The summed E-state index contributed by atoms with van der Waals surface area (Å²) >= 11 is 0. The van der Waals surface area contributed by atoms with Gasteiger partial charge in [0.2, 0.25) is 0 Å². The van der Waals surface area contributed by atoms with Crippen LogP contribution in [0.1, 0.15) is 0 Å². The fourth-order valence-electron chi connectivity index (χ4n) is 1.70. The Kier molecular flexibility index (Phi) is 4.39. The van der Waals surface area contributed by atoms with Gasteiger partial charge in [-0.1, -0.05) is 24.3 Å². The van der Waals surface area contributed by atoms with Crippen LogP contribution in [0, 0.1) is 0 Å². The van der Waals surface area contributed by atoms with E-state index in [2.05, 4.69) is 9.39 Å². The van der Waals surface area contributed by atoms with Gasteiger partial charge in [0.1, 0.15) is 11.5 Å². The molecule has 21 heavy (non-hydrogen) atoms. The highest BCUT2D eigenvalue weighted by Crippen LogP contribution is 2.27. The van der Waals surface area contributed by atoms with Gasteiger partial charge in [-0.25, -0.2) is 0 Å². The van der Waals surface area contributed by atoms with Crippen LogP contribution < -0.4 is 9.39 Å². The second-order valence-electron chi connectivity index (χ2n) is 4.04. The van der Waals surface area contributed by atoms with Crippen LogP contribution >= 0.6 is 0 Å². The van der Waals surface area contributed by atoms with Crippen LogP contribution in [-0.4, -0.2) is 23.7 Å². The van der Waals surface area contributed by atoms with E-state index in [1.165, 1.54) is 36.4 Å². The summed E-state index contributed by atoms with van der Waals surface area (Å²) in [7, 11) is -1.91. The summed E-state index contributed by atoms with van der Waals surface area (Å²) in [6, 6.07) is 11.7. The van der Waals surface area contributed by atoms with E-state index >= 15 is 0 Å². The maximum Gasteiger partial charge on any atom is 0.707 e. The van der Waals surface area contributed by atoms with E-state index in [0.29, 0.717) is 5.56 Å². The minimum absolute atomic E-state index is 0.255. The number of rotatable bonds is 4. The topological polar surface area (TPSA) is 58.9 Å². The van der Waals surface area contributed by atoms with Gasteiger partial charge in [0, 0.05) is 0 Å². The van der Waals surface area contributed by atoms with E-state index in [1.54, 1.807) is 12.1 Å². The molecule has 4 nitrogen and oxygen atoms in total. The molecule has 8 heteroatoms. The molecule has 0 unspecified atom stereocenters. The molecule has 0 saturated heterocycles. The minimum atomic E-state index is -4.72. The molecular formula is C13H10BF3O4. The van der Waals surface area contributed by atoms with Crippen molar-refractivity contribution in [1.29, 1.82) is 0 Å². The van der Waals surface area contributed by atoms with Crippen molar-refractivity contribution in [2.75, 3.05) is 0 Å². The highest BCUT2D eigenvalue weighted by atomic mass is 19.4. The highest BCUT2D eigenvalue weighted by Gasteiger charge is 2.30. The number of hydrogen-bond donors (Lipinski definition) is 2. The fourth-order valence-corrected chi connectivity index (χ4v) is 1.70. The van der Waals surface area contributed by atoms with Crippen LogP contribution in [-0.2, 0) is 0 Å². The molecule has 0 aliphatic heterocycles. The zero-order valence-corrected chi connectivity index (χ0v) is 10.5. The molecule has 0 atom stereocenters. The zero-order valence-electron chi connectivity index (χ0n) is 10.5. The molecule has 110 valence electrons. The van der Waals surface area contributed by atoms with E-state index in [-0.39, 0.29) is 11.5 Å². The molecular weight excluding hydrogens is 288 g/mol. The molecule has 0 aliphatic carbocycles. The molecule has 0 aliphatic rings. The quantitative estimate of drug-likeness (QED) is 0.852. The zero-order chi connectivity index (χ0) is 15.5. The summed E-state index contributed by atoms with van der Waals surface area (Å²) in [5.41, 5.74) is 1.41. The van der Waals surface area contributed by atoms with Crippen LogP contribution in [0.2, 0.25) is 0 Å². The summed E-state index contributed by atoms with van der Waals surface area (Å²) in [6.45, 7) is 0. The molecule has 2 aromatic carbocycles. The molecule has 0 fully saturated rings. The summed E-state index contributed by atoms with van der Waals surface area (Å²) in [4.78, 5) is 0. The van der Waals surface area contributed by atoms with Crippen LogP contribution in [0.4, 0.5) is 13.2 Å². The molecule has 2 aromatic rings. The van der Waals surface area contributed by atoms with Crippen LogP contribution in [0.15, 0.2) is 48.5 Å². The van der Waals surface area contributed by atoms with E-state index in [0.717, 1.165) is 5.56 Å². The first-order valence-corrected chi connectivity index (χ1v) is 5.82. The van der Waals surface area contributed by atoms with Crippen LogP contribution in [0.25, 0.3) is 11.1 Å². The van der Waals surface area contributed by atoms with Gasteiger partial charge in [0.05, 0.1) is 0 Å². The number of alkyl halides is 3. The van der Waals surface area contributed by atoms with E-state index in [1.807, 2.05) is 0 Å². The van der Waals surface area contributed by atoms with E-state index < -0.39 is 13.7 Å². The Labute approximate surface area is 118 Å². The van der Waals surface area contributed by atoms with Crippen molar-refractivity contribution < 1.29 is 32.6 Å². The molecule has 0 heterocycles. The normalized spacial score (nSPS) is 11.1. The Morgan fingerprint density at radius 1 is 0.762 bits per heavy atom. The second kappa shape index (κ2) is 6.07. The Bertz CT molecular complexity index is 582. The fraction of sp³-hybridized carbons (Fsp3) is 0.0769. The van der Waals surface area contributed by atoms with Gasteiger partial charge in [0.25, 0.3) is 0 Å². The molecule has 0 spiro atoms. The number of hydrogen-bond acceptors (Lipinski definition) is 4. The lowest BCUT2D eigenvalue weighted by Crippen LogP contribution is -2.20. The number of benzene rings is 2. The first-order valence-electron chi connectivity index (χ1n) is 5.82. The Hall–Kier alpha value is -2.19. The predicted octanol–water partition coefficient (Wildman–Crippen LogP) is 2.60. The standard InChI is InChI=1S/C13H10BF3O4/c15-13(16,17)20-11-5-1-9(2-6-11)10-3-7-12(8-4-10)21-14(18)19/h1-8,18-19H. The van der Waals surface area contributed by atoms with Gasteiger partial charge in [-0.3, -0.25) is 0 Å². The molecule has 2 N–H and O–H groups in total. The third-order valence-corrected chi connectivity index (χ3v) is 2.52. The Morgan fingerprint density at radius 3 is 1.57 bits per heavy atom. The van der Waals surface area contributed by atoms with Gasteiger partial charge in [0.15, 0.2) is 0 Å². The van der Waals surface area contributed by atoms with Crippen molar-refractivity contribution in [2.24, 2.45) is 0 Å². The second-order valence-corrected chi connectivity index (χ2v) is 4.04. The van der Waals surface area contributed by atoms with Gasteiger partial charge in [-0.05, 0) is 35.4 Å².